The largest absolute Gasteiger partial charge is 0.367 e. The number of carbonyl (C=O) groups is 1. The molecule has 0 aliphatic carbocycles. The second-order valence-electron chi connectivity index (χ2n) is 6.27. The van der Waals surface area contributed by atoms with Crippen LogP contribution in [0.2, 0.25) is 0 Å². The average molecular weight is 346 g/mol. The number of nitrogens with zero attached hydrogens (tertiary/aromatic N) is 3. The van der Waals surface area contributed by atoms with Crippen LogP contribution in [-0.4, -0.2) is 45.6 Å². The van der Waals surface area contributed by atoms with Crippen LogP contribution in [0.15, 0.2) is 15.4 Å². The molecule has 1 amide bonds. The Kier molecular flexibility index (Phi) is 4.98. The van der Waals surface area contributed by atoms with Gasteiger partial charge in [0.15, 0.2) is 0 Å². The second kappa shape index (κ2) is 7.18. The van der Waals surface area contributed by atoms with Crippen molar-refractivity contribution >= 4 is 5.91 Å². The maximum absolute atomic E-state index is 12.6. The van der Waals surface area contributed by atoms with E-state index in [0.29, 0.717) is 44.1 Å². The van der Waals surface area contributed by atoms with E-state index in [2.05, 4.69) is 15.1 Å². The summed E-state index contributed by atoms with van der Waals surface area (Å²) >= 11 is 0. The van der Waals surface area contributed by atoms with Gasteiger partial charge in [0.2, 0.25) is 5.91 Å². The maximum Gasteiger partial charge on any atom is 0.251 e. The molecule has 1 fully saturated rings. The summed E-state index contributed by atoms with van der Waals surface area (Å²) in [6, 6.07) is 1.43. The lowest BCUT2D eigenvalue weighted by atomic mass is 10.1. The number of aromatic nitrogens is 3. The SMILES string of the molecule is Cc1cc(=O)[nH]c([C@H]2CN(C(=O)CCc3c(C)noc3C)CCO2)n1. The predicted molar refractivity (Wildman–Crippen MR) is 89.2 cm³/mol. The lowest BCUT2D eigenvalue weighted by molar-refractivity contribution is -0.139. The summed E-state index contributed by atoms with van der Waals surface area (Å²) in [7, 11) is 0. The lowest BCUT2D eigenvalue weighted by Crippen LogP contribution is -2.43. The zero-order valence-electron chi connectivity index (χ0n) is 14.7. The highest BCUT2D eigenvalue weighted by Gasteiger charge is 2.27. The van der Waals surface area contributed by atoms with Gasteiger partial charge in [-0.2, -0.15) is 0 Å². The van der Waals surface area contributed by atoms with Gasteiger partial charge >= 0.3 is 0 Å². The minimum atomic E-state index is -0.413. The number of carbonyl (C=O) groups excluding carboxylic acids is 1. The van der Waals surface area contributed by atoms with Crippen LogP contribution in [0, 0.1) is 20.8 Å². The van der Waals surface area contributed by atoms with Crippen LogP contribution >= 0.6 is 0 Å². The minimum Gasteiger partial charge on any atom is -0.367 e. The number of rotatable bonds is 4. The fraction of sp³-hybridized carbons (Fsp3) is 0.529. The first-order valence-electron chi connectivity index (χ1n) is 8.33. The topological polar surface area (TPSA) is 101 Å². The summed E-state index contributed by atoms with van der Waals surface area (Å²) in [6.45, 7) is 6.82. The van der Waals surface area contributed by atoms with Gasteiger partial charge in [-0.25, -0.2) is 4.98 Å². The standard InChI is InChI=1S/C17H22N4O4/c1-10-8-15(22)19-17(18-10)14-9-21(6-7-24-14)16(23)5-4-13-11(2)20-25-12(13)3/h8,14H,4-7,9H2,1-3H3,(H,18,19,22)/t14-/m1/s1. The lowest BCUT2D eigenvalue weighted by Gasteiger charge is -2.32. The Morgan fingerprint density at radius 1 is 1.40 bits per heavy atom. The van der Waals surface area contributed by atoms with E-state index in [-0.39, 0.29) is 11.5 Å². The molecule has 0 radical (unpaired) electrons. The van der Waals surface area contributed by atoms with Crippen molar-refractivity contribution in [2.75, 3.05) is 19.7 Å². The zero-order valence-corrected chi connectivity index (χ0v) is 14.7. The summed E-state index contributed by atoms with van der Waals surface area (Å²) < 4.78 is 10.8. The number of amides is 1. The van der Waals surface area contributed by atoms with E-state index in [0.717, 1.165) is 17.0 Å². The Balaban J connectivity index is 1.64. The molecule has 134 valence electrons. The molecule has 0 spiro atoms. The number of nitrogens with one attached hydrogen (secondary N) is 1. The molecule has 8 heteroatoms. The molecule has 0 saturated carbocycles. The third-order valence-corrected chi connectivity index (χ3v) is 4.38. The van der Waals surface area contributed by atoms with Gasteiger partial charge in [-0.05, 0) is 27.2 Å². The van der Waals surface area contributed by atoms with E-state index in [1.54, 1.807) is 11.8 Å². The molecule has 1 atom stereocenters. The minimum absolute atomic E-state index is 0.0447. The van der Waals surface area contributed by atoms with E-state index >= 15 is 0 Å². The van der Waals surface area contributed by atoms with E-state index in [1.807, 2.05) is 13.8 Å². The quantitative estimate of drug-likeness (QED) is 0.893. The molecular weight excluding hydrogens is 324 g/mol. The van der Waals surface area contributed by atoms with E-state index in [4.69, 9.17) is 9.26 Å². The van der Waals surface area contributed by atoms with Crippen LogP contribution in [0.1, 0.15) is 41.1 Å². The van der Waals surface area contributed by atoms with Crippen molar-refractivity contribution < 1.29 is 14.1 Å². The number of morpholine rings is 1. The summed E-state index contributed by atoms with van der Waals surface area (Å²) in [4.78, 5) is 33.0. The van der Waals surface area contributed by atoms with Crippen molar-refractivity contribution in [1.29, 1.82) is 0 Å². The highest BCUT2D eigenvalue weighted by Crippen LogP contribution is 2.20. The molecule has 0 unspecified atom stereocenters. The van der Waals surface area contributed by atoms with Crippen molar-refractivity contribution in [3.8, 4) is 0 Å². The first kappa shape index (κ1) is 17.3. The Hall–Kier alpha value is -2.48. The van der Waals surface area contributed by atoms with Crippen molar-refractivity contribution in [3.05, 3.63) is 45.0 Å². The van der Waals surface area contributed by atoms with E-state index in [9.17, 15) is 9.59 Å². The molecule has 1 aliphatic heterocycles. The fourth-order valence-corrected chi connectivity index (χ4v) is 3.04. The molecular formula is C17H22N4O4. The number of hydrogen-bond acceptors (Lipinski definition) is 6. The van der Waals surface area contributed by atoms with Crippen molar-refractivity contribution in [1.82, 2.24) is 20.0 Å². The Morgan fingerprint density at radius 2 is 2.20 bits per heavy atom. The number of aromatic amines is 1. The number of aryl methyl sites for hydroxylation is 3. The molecule has 8 nitrogen and oxygen atoms in total. The van der Waals surface area contributed by atoms with Crippen molar-refractivity contribution in [2.24, 2.45) is 0 Å². The van der Waals surface area contributed by atoms with Crippen LogP contribution in [0.3, 0.4) is 0 Å². The third kappa shape index (κ3) is 3.96. The summed E-state index contributed by atoms with van der Waals surface area (Å²) in [5.41, 5.74) is 2.23. The summed E-state index contributed by atoms with van der Waals surface area (Å²) in [5, 5.41) is 3.91. The Morgan fingerprint density at radius 3 is 2.88 bits per heavy atom. The van der Waals surface area contributed by atoms with Crippen molar-refractivity contribution in [3.63, 3.8) is 0 Å². The monoisotopic (exact) mass is 346 g/mol. The molecule has 1 aliphatic rings. The van der Waals surface area contributed by atoms with E-state index < -0.39 is 6.10 Å². The molecule has 3 heterocycles. The zero-order chi connectivity index (χ0) is 18.0. The maximum atomic E-state index is 12.6. The smallest absolute Gasteiger partial charge is 0.251 e. The normalized spacial score (nSPS) is 17.7. The molecule has 1 N–H and O–H groups in total. The van der Waals surface area contributed by atoms with Gasteiger partial charge in [-0.15, -0.1) is 0 Å². The highest BCUT2D eigenvalue weighted by atomic mass is 16.5. The first-order chi connectivity index (χ1) is 11.9. The second-order valence-corrected chi connectivity index (χ2v) is 6.27. The predicted octanol–water partition coefficient (Wildman–Crippen LogP) is 1.22. The molecule has 3 rings (SSSR count). The van der Waals surface area contributed by atoms with Crippen LogP contribution in [0.5, 0.6) is 0 Å². The van der Waals surface area contributed by atoms with Gasteiger partial charge in [0.1, 0.15) is 17.7 Å². The van der Waals surface area contributed by atoms with Gasteiger partial charge < -0.3 is 19.1 Å². The van der Waals surface area contributed by atoms with Gasteiger partial charge in [0, 0.05) is 30.3 Å². The Labute approximate surface area is 145 Å². The number of ether oxygens (including phenoxy) is 1. The van der Waals surface area contributed by atoms with Gasteiger partial charge in [-0.1, -0.05) is 5.16 Å². The first-order valence-corrected chi connectivity index (χ1v) is 8.33. The Bertz CT molecular complexity index is 807. The molecule has 2 aromatic heterocycles. The van der Waals surface area contributed by atoms with Crippen LogP contribution in [-0.2, 0) is 16.0 Å². The molecule has 1 saturated heterocycles. The average Bonchev–Trinajstić information content (AvgIpc) is 2.90. The van der Waals surface area contributed by atoms with Gasteiger partial charge in [0.25, 0.3) is 5.56 Å². The highest BCUT2D eigenvalue weighted by molar-refractivity contribution is 5.76. The fourth-order valence-electron chi connectivity index (χ4n) is 3.04. The van der Waals surface area contributed by atoms with Gasteiger partial charge in [-0.3, -0.25) is 9.59 Å². The molecule has 0 bridgehead atoms. The van der Waals surface area contributed by atoms with Crippen LogP contribution < -0.4 is 5.56 Å². The van der Waals surface area contributed by atoms with Crippen molar-refractivity contribution in [2.45, 2.75) is 39.7 Å². The van der Waals surface area contributed by atoms with Gasteiger partial charge in [0.05, 0.1) is 18.8 Å². The van der Waals surface area contributed by atoms with E-state index in [1.165, 1.54) is 6.07 Å². The number of hydrogen-bond donors (Lipinski definition) is 1. The molecule has 25 heavy (non-hydrogen) atoms. The van der Waals surface area contributed by atoms with Crippen LogP contribution in [0.4, 0.5) is 0 Å². The molecule has 0 aromatic carbocycles. The molecule has 2 aromatic rings. The third-order valence-electron chi connectivity index (χ3n) is 4.38. The summed E-state index contributed by atoms with van der Waals surface area (Å²) in [6.07, 6.45) is 0.568. The summed E-state index contributed by atoms with van der Waals surface area (Å²) in [5.74, 6) is 1.27. The van der Waals surface area contributed by atoms with Crippen LogP contribution in [0.25, 0.3) is 0 Å². The number of H-pyrrole nitrogens is 1.